The van der Waals surface area contributed by atoms with Crippen LogP contribution in [-0.2, 0) is 11.3 Å². The number of hydrogen-bond donors (Lipinski definition) is 1. The summed E-state index contributed by atoms with van der Waals surface area (Å²) in [5, 5.41) is 7.89. The van der Waals surface area contributed by atoms with Crippen molar-refractivity contribution in [1.82, 2.24) is 5.32 Å². The maximum Gasteiger partial charge on any atom is 0.0724 e. The molecule has 3 heteroatoms. The van der Waals surface area contributed by atoms with Crippen LogP contribution in [0.15, 0.2) is 16.8 Å². The van der Waals surface area contributed by atoms with Gasteiger partial charge in [0.15, 0.2) is 0 Å². The van der Waals surface area contributed by atoms with Gasteiger partial charge in [0.25, 0.3) is 0 Å². The lowest BCUT2D eigenvalue weighted by Crippen LogP contribution is -2.36. The molecule has 2 unspecified atom stereocenters. The molecular formula is C11H17NOS. The molecule has 0 bridgehead atoms. The van der Waals surface area contributed by atoms with Gasteiger partial charge in [-0.3, -0.25) is 0 Å². The third-order valence-corrected chi connectivity index (χ3v) is 3.64. The summed E-state index contributed by atoms with van der Waals surface area (Å²) in [6, 6.07) is 2.73. The quantitative estimate of drug-likeness (QED) is 0.825. The molecule has 2 atom stereocenters. The molecule has 1 N–H and O–H groups in total. The molecule has 1 aromatic heterocycles. The van der Waals surface area contributed by atoms with E-state index in [0.717, 1.165) is 6.54 Å². The first-order chi connectivity index (χ1) is 6.90. The summed E-state index contributed by atoms with van der Waals surface area (Å²) in [7, 11) is 1.81. The summed E-state index contributed by atoms with van der Waals surface area (Å²) in [5.41, 5.74) is 1.39. The molecule has 1 heterocycles. The van der Waals surface area contributed by atoms with Gasteiger partial charge in [0.05, 0.1) is 6.10 Å². The zero-order valence-electron chi connectivity index (χ0n) is 8.53. The van der Waals surface area contributed by atoms with Crippen LogP contribution in [0.5, 0.6) is 0 Å². The molecule has 1 aromatic rings. The molecule has 0 aliphatic heterocycles. The molecular weight excluding hydrogens is 194 g/mol. The predicted molar refractivity (Wildman–Crippen MR) is 59.6 cm³/mol. The van der Waals surface area contributed by atoms with Gasteiger partial charge in [0, 0.05) is 19.7 Å². The molecule has 14 heavy (non-hydrogen) atoms. The third kappa shape index (κ3) is 2.35. The first kappa shape index (κ1) is 10.1. The van der Waals surface area contributed by atoms with Crippen molar-refractivity contribution in [2.75, 3.05) is 7.11 Å². The van der Waals surface area contributed by atoms with Gasteiger partial charge in [-0.1, -0.05) is 0 Å². The van der Waals surface area contributed by atoms with Crippen LogP contribution in [0.1, 0.15) is 24.8 Å². The Morgan fingerprint density at radius 3 is 3.21 bits per heavy atom. The van der Waals surface area contributed by atoms with Crippen molar-refractivity contribution in [3.8, 4) is 0 Å². The molecule has 2 nitrogen and oxygen atoms in total. The highest BCUT2D eigenvalue weighted by Gasteiger charge is 2.26. The van der Waals surface area contributed by atoms with Crippen LogP contribution in [0.2, 0.25) is 0 Å². The molecule has 0 saturated heterocycles. The van der Waals surface area contributed by atoms with Crippen LogP contribution in [0.3, 0.4) is 0 Å². The third-order valence-electron chi connectivity index (χ3n) is 2.90. The van der Waals surface area contributed by atoms with Crippen LogP contribution in [-0.4, -0.2) is 19.3 Å². The van der Waals surface area contributed by atoms with Crippen molar-refractivity contribution in [3.05, 3.63) is 22.4 Å². The Bertz CT molecular complexity index is 260. The second-order valence-electron chi connectivity index (χ2n) is 3.82. The van der Waals surface area contributed by atoms with Gasteiger partial charge >= 0.3 is 0 Å². The van der Waals surface area contributed by atoms with Crippen molar-refractivity contribution >= 4 is 11.3 Å². The Kier molecular flexibility index (Phi) is 3.56. The number of hydrogen-bond acceptors (Lipinski definition) is 3. The zero-order chi connectivity index (χ0) is 9.80. The molecule has 0 spiro atoms. The monoisotopic (exact) mass is 211 g/mol. The van der Waals surface area contributed by atoms with E-state index in [1.54, 1.807) is 11.3 Å². The maximum atomic E-state index is 5.43. The number of thiophene rings is 1. The molecule has 0 aromatic carbocycles. The molecule has 1 aliphatic rings. The van der Waals surface area contributed by atoms with E-state index in [0.29, 0.717) is 12.1 Å². The van der Waals surface area contributed by atoms with Crippen LogP contribution in [0, 0.1) is 0 Å². The minimum atomic E-state index is 0.425. The number of ether oxygens (including phenoxy) is 1. The first-order valence-corrected chi connectivity index (χ1v) is 6.11. The van der Waals surface area contributed by atoms with Crippen LogP contribution in [0.25, 0.3) is 0 Å². The normalized spacial score (nSPS) is 26.9. The van der Waals surface area contributed by atoms with Crippen molar-refractivity contribution < 1.29 is 4.74 Å². The predicted octanol–water partition coefficient (Wildman–Crippen LogP) is 2.41. The minimum absolute atomic E-state index is 0.425. The van der Waals surface area contributed by atoms with E-state index in [2.05, 4.69) is 22.1 Å². The Morgan fingerprint density at radius 1 is 1.57 bits per heavy atom. The van der Waals surface area contributed by atoms with Crippen LogP contribution >= 0.6 is 11.3 Å². The SMILES string of the molecule is COC1CCCC1NCc1ccsc1. The largest absolute Gasteiger partial charge is 0.380 e. The van der Waals surface area contributed by atoms with Gasteiger partial charge in [-0.25, -0.2) is 0 Å². The van der Waals surface area contributed by atoms with Gasteiger partial charge in [-0.05, 0) is 41.7 Å². The van der Waals surface area contributed by atoms with Gasteiger partial charge in [-0.15, -0.1) is 0 Å². The minimum Gasteiger partial charge on any atom is -0.380 e. The summed E-state index contributed by atoms with van der Waals surface area (Å²) in [6.45, 7) is 0.980. The summed E-state index contributed by atoms with van der Waals surface area (Å²) >= 11 is 1.76. The molecule has 2 rings (SSSR count). The summed E-state index contributed by atoms with van der Waals surface area (Å²) in [6.07, 6.45) is 4.17. The number of nitrogens with one attached hydrogen (secondary N) is 1. The van der Waals surface area contributed by atoms with E-state index in [1.165, 1.54) is 24.8 Å². The lowest BCUT2D eigenvalue weighted by Gasteiger charge is -2.19. The number of rotatable bonds is 4. The van der Waals surface area contributed by atoms with Crippen molar-refractivity contribution in [2.45, 2.75) is 38.0 Å². The second kappa shape index (κ2) is 4.91. The van der Waals surface area contributed by atoms with E-state index in [-0.39, 0.29) is 0 Å². The van der Waals surface area contributed by atoms with E-state index in [9.17, 15) is 0 Å². The first-order valence-electron chi connectivity index (χ1n) is 5.17. The molecule has 1 aliphatic carbocycles. The summed E-state index contributed by atoms with van der Waals surface area (Å²) in [4.78, 5) is 0. The van der Waals surface area contributed by atoms with E-state index in [1.807, 2.05) is 7.11 Å². The van der Waals surface area contributed by atoms with Crippen LogP contribution < -0.4 is 5.32 Å². The second-order valence-corrected chi connectivity index (χ2v) is 4.60. The van der Waals surface area contributed by atoms with Gasteiger partial charge in [-0.2, -0.15) is 11.3 Å². The van der Waals surface area contributed by atoms with Crippen molar-refractivity contribution in [3.63, 3.8) is 0 Å². The molecule has 0 amide bonds. The zero-order valence-corrected chi connectivity index (χ0v) is 9.35. The highest BCUT2D eigenvalue weighted by molar-refractivity contribution is 7.07. The maximum absolute atomic E-state index is 5.43. The average molecular weight is 211 g/mol. The summed E-state index contributed by atoms with van der Waals surface area (Å²) < 4.78 is 5.43. The van der Waals surface area contributed by atoms with Gasteiger partial charge < -0.3 is 10.1 Å². The Hall–Kier alpha value is -0.380. The fraction of sp³-hybridized carbons (Fsp3) is 0.636. The average Bonchev–Trinajstić information content (AvgIpc) is 2.85. The highest BCUT2D eigenvalue weighted by atomic mass is 32.1. The lowest BCUT2D eigenvalue weighted by atomic mass is 10.2. The lowest BCUT2D eigenvalue weighted by molar-refractivity contribution is 0.0847. The van der Waals surface area contributed by atoms with Gasteiger partial charge in [0.2, 0.25) is 0 Å². The molecule has 1 saturated carbocycles. The Labute approximate surface area is 89.3 Å². The number of methoxy groups -OCH3 is 1. The molecule has 78 valence electrons. The summed E-state index contributed by atoms with van der Waals surface area (Å²) in [5.74, 6) is 0. The fourth-order valence-corrected chi connectivity index (χ4v) is 2.75. The van der Waals surface area contributed by atoms with E-state index in [4.69, 9.17) is 4.74 Å². The standard InChI is InChI=1S/C11H17NOS/c1-13-11-4-2-3-10(11)12-7-9-5-6-14-8-9/h5-6,8,10-12H,2-4,7H2,1H3. The van der Waals surface area contributed by atoms with Gasteiger partial charge in [0.1, 0.15) is 0 Å². The fourth-order valence-electron chi connectivity index (χ4n) is 2.08. The molecule has 0 radical (unpaired) electrons. The van der Waals surface area contributed by atoms with Crippen molar-refractivity contribution in [2.24, 2.45) is 0 Å². The Balaban J connectivity index is 1.80. The molecule has 1 fully saturated rings. The Morgan fingerprint density at radius 2 is 2.50 bits per heavy atom. The van der Waals surface area contributed by atoms with E-state index < -0.39 is 0 Å². The van der Waals surface area contributed by atoms with E-state index >= 15 is 0 Å². The van der Waals surface area contributed by atoms with Crippen molar-refractivity contribution in [1.29, 1.82) is 0 Å². The smallest absolute Gasteiger partial charge is 0.0724 e. The van der Waals surface area contributed by atoms with Crippen LogP contribution in [0.4, 0.5) is 0 Å². The topological polar surface area (TPSA) is 21.3 Å². The highest BCUT2D eigenvalue weighted by Crippen LogP contribution is 2.21.